The average molecular weight is 1830 g/mol. The Bertz CT molecular complexity index is 4920. The van der Waals surface area contributed by atoms with Crippen LogP contribution >= 0.6 is 0 Å². The van der Waals surface area contributed by atoms with Crippen molar-refractivity contribution in [3.05, 3.63) is 275 Å². The van der Waals surface area contributed by atoms with Crippen LogP contribution < -0.4 is 16.7 Å². The molecule has 0 aliphatic carbocycles. The summed E-state index contributed by atoms with van der Waals surface area (Å²) in [4.78, 5) is -2.78. The second-order valence-corrected chi connectivity index (χ2v) is 33.5. The first-order valence-corrected chi connectivity index (χ1v) is 38.9. The summed E-state index contributed by atoms with van der Waals surface area (Å²) in [6.07, 6.45) is -54.8. The van der Waals surface area contributed by atoms with Gasteiger partial charge in [0.1, 0.15) is 42.6 Å². The van der Waals surface area contributed by atoms with E-state index in [1.165, 1.54) is 48.5 Å². The number of halogens is 30. The van der Waals surface area contributed by atoms with Gasteiger partial charge in [-0.3, -0.25) is 0 Å². The zero-order chi connectivity index (χ0) is 88.6. The van der Waals surface area contributed by atoms with Crippen molar-refractivity contribution in [2.24, 2.45) is 0 Å². The van der Waals surface area contributed by atoms with Gasteiger partial charge >= 0.3 is 102 Å². The van der Waals surface area contributed by atoms with Gasteiger partial charge in [0.15, 0.2) is 29.4 Å². The van der Waals surface area contributed by atoms with Crippen molar-refractivity contribution >= 4 is 62.3 Å². The van der Waals surface area contributed by atoms with Gasteiger partial charge in [-0.25, -0.2) is 0 Å². The normalized spacial score (nSPS) is 13.3. The maximum atomic E-state index is 13.3. The van der Waals surface area contributed by atoms with Gasteiger partial charge in [-0.15, -0.1) is 0 Å². The van der Waals surface area contributed by atoms with Crippen LogP contribution in [0.15, 0.2) is 279 Å². The summed E-state index contributed by atoms with van der Waals surface area (Å²) in [7, 11) is -23.2. The molecule has 0 spiro atoms. The Morgan fingerprint density at radius 2 is 0.322 bits per heavy atom. The van der Waals surface area contributed by atoms with Gasteiger partial charge in [-0.05, 0) is 194 Å². The van der Waals surface area contributed by atoms with Crippen molar-refractivity contribution in [2.45, 2.75) is 111 Å². The fraction of sp³-hybridized carbons (Fsp3) is 0.143. The smallest absolute Gasteiger partial charge is 0.379 e. The van der Waals surface area contributed by atoms with Crippen molar-refractivity contribution in [3.63, 3.8) is 0 Å². The highest BCUT2D eigenvalue weighted by molar-refractivity contribution is 7.97. The lowest BCUT2D eigenvalue weighted by molar-refractivity contribution is -0.339. The lowest BCUT2D eigenvalue weighted by Crippen LogP contribution is -2.30. The topological polar surface area (TPSA) is 173 Å². The highest BCUT2D eigenvalue weighted by atomic mass is 32.2. The maximum absolute atomic E-state index is 13.3. The van der Waals surface area contributed by atoms with Crippen LogP contribution in [0.2, 0.25) is 0 Å². The molecule has 0 radical (unpaired) electrons. The Balaban J connectivity index is 0.000000269. The summed E-state index contributed by atoms with van der Waals surface area (Å²) < 4.78 is 504. The number of benzene rings is 10. The molecule has 12 nitrogen and oxygen atoms in total. The number of hydrogen-bond donors (Lipinski definition) is 0. The minimum absolute atomic E-state index is 0.0101. The summed E-state index contributed by atoms with van der Waals surface area (Å²) in [5.41, 5.74) is -15.1. The standard InChI is InChI=1S/2C34H19F12O6S3.C2F6/c2*35-31(36,37)20-14-21(32(38,39)40)17-29(16-20)54(47,48)51-24-6-10-27(11-7-24)53(26-4-2-1-3-5-26)28-12-8-25(9-13-28)52-55(49,50)30-18-22(33(41,42)43)15-23(19-30)34(44,45)46;3-1(4,5)2(6,7)8/h2*1-19H;/q2*+1;. The summed E-state index contributed by atoms with van der Waals surface area (Å²) in [6, 6.07) is 34.7. The van der Waals surface area contributed by atoms with Gasteiger partial charge in [0.25, 0.3) is 0 Å². The molecule has 0 atom stereocenters. The van der Waals surface area contributed by atoms with E-state index in [4.69, 9.17) is 16.7 Å². The van der Waals surface area contributed by atoms with E-state index in [1.807, 2.05) is 0 Å². The van der Waals surface area contributed by atoms with Gasteiger partial charge in [-0.1, -0.05) is 36.4 Å². The molecule has 10 rings (SSSR count). The van der Waals surface area contributed by atoms with Crippen LogP contribution in [0.3, 0.4) is 0 Å². The third-order valence-corrected chi connectivity index (χ3v) is 24.1. The zero-order valence-electron chi connectivity index (χ0n) is 56.6. The fourth-order valence-electron chi connectivity index (χ4n) is 9.44. The Kier molecular flexibility index (Phi) is 26.8. The fourth-order valence-corrected chi connectivity index (χ4v) is 17.6. The monoisotopic (exact) mass is 1830 g/mol. The molecule has 634 valence electrons. The lowest BCUT2D eigenvalue weighted by Gasteiger charge is -2.15. The van der Waals surface area contributed by atoms with Crippen molar-refractivity contribution < 1.29 is 182 Å². The molecule has 0 N–H and O–H groups in total. The Labute approximate surface area is 650 Å². The molecule has 0 fully saturated rings. The van der Waals surface area contributed by atoms with Crippen LogP contribution in [0.25, 0.3) is 0 Å². The first-order valence-electron chi connectivity index (χ1n) is 30.8. The van der Waals surface area contributed by atoms with E-state index in [9.17, 15) is 165 Å². The van der Waals surface area contributed by atoms with Crippen LogP contribution in [0.4, 0.5) is 132 Å². The predicted octanol–water partition coefficient (Wildman–Crippen LogP) is 22.9. The molecule has 0 saturated carbocycles. The molecule has 48 heteroatoms. The molecule has 0 heterocycles. The molecule has 0 amide bonds. The Hall–Kier alpha value is -10.2. The summed E-state index contributed by atoms with van der Waals surface area (Å²) in [5.74, 6) is -1.99. The van der Waals surface area contributed by atoms with Gasteiger partial charge < -0.3 is 16.7 Å². The van der Waals surface area contributed by atoms with E-state index in [0.717, 1.165) is 48.5 Å². The van der Waals surface area contributed by atoms with Gasteiger partial charge in [0, 0.05) is 0 Å². The van der Waals surface area contributed by atoms with Crippen LogP contribution in [0.5, 0.6) is 23.0 Å². The minimum atomic E-state index is -6.06. The molecule has 0 unspecified atom stereocenters. The quantitative estimate of drug-likeness (QED) is 0.0452. The molecular weight excluding hydrogens is 1800 g/mol. The highest BCUT2D eigenvalue weighted by Gasteiger charge is 2.59. The number of hydrogen-bond acceptors (Lipinski definition) is 12. The van der Waals surface area contributed by atoms with Crippen LogP contribution in [-0.4, -0.2) is 46.0 Å². The van der Waals surface area contributed by atoms with Crippen LogP contribution in [0.1, 0.15) is 44.5 Å². The predicted molar refractivity (Wildman–Crippen MR) is 352 cm³/mol. The molecule has 118 heavy (non-hydrogen) atoms. The Morgan fingerprint density at radius 3 is 0.449 bits per heavy atom. The van der Waals surface area contributed by atoms with Crippen molar-refractivity contribution in [1.82, 2.24) is 0 Å². The van der Waals surface area contributed by atoms with Crippen molar-refractivity contribution in [3.8, 4) is 23.0 Å². The molecule has 0 aliphatic heterocycles. The van der Waals surface area contributed by atoms with Crippen LogP contribution in [-0.2, 0) is 112 Å². The Morgan fingerprint density at radius 1 is 0.186 bits per heavy atom. The van der Waals surface area contributed by atoms with Crippen molar-refractivity contribution in [1.29, 1.82) is 0 Å². The third-order valence-electron chi connectivity index (χ3n) is 14.7. The largest absolute Gasteiger partial charge is 0.487 e. The van der Waals surface area contributed by atoms with Gasteiger partial charge in [0.05, 0.1) is 66.3 Å². The molecule has 10 aromatic rings. The first-order chi connectivity index (χ1) is 53.7. The molecule has 10 aromatic carbocycles. The van der Waals surface area contributed by atoms with E-state index in [1.54, 1.807) is 60.7 Å². The van der Waals surface area contributed by atoms with E-state index in [2.05, 4.69) is 0 Å². The number of alkyl halides is 30. The van der Waals surface area contributed by atoms with E-state index >= 15 is 0 Å². The second-order valence-electron chi connectivity index (χ2n) is 23.2. The highest BCUT2D eigenvalue weighted by Crippen LogP contribution is 2.45. The van der Waals surface area contributed by atoms with E-state index in [-0.39, 0.29) is 72.8 Å². The zero-order valence-corrected chi connectivity index (χ0v) is 61.5. The van der Waals surface area contributed by atoms with Gasteiger partial charge in [-0.2, -0.15) is 165 Å². The lowest BCUT2D eigenvalue weighted by atomic mass is 10.1. The maximum Gasteiger partial charge on any atom is 0.487 e. The number of rotatable bonds is 18. The molecule has 0 saturated heterocycles. The summed E-state index contributed by atoms with van der Waals surface area (Å²) in [6.45, 7) is 0. The second kappa shape index (κ2) is 33.9. The molecule has 0 aromatic heterocycles. The van der Waals surface area contributed by atoms with E-state index in [0.29, 0.717) is 29.4 Å². The summed E-state index contributed by atoms with van der Waals surface area (Å²) in [5, 5.41) is 0. The average Bonchev–Trinajstić information content (AvgIpc) is 0.792. The molecular formula is C70H38F30O12S6+2. The minimum Gasteiger partial charge on any atom is -0.379 e. The first kappa shape index (κ1) is 93.3. The molecule has 0 bridgehead atoms. The van der Waals surface area contributed by atoms with Crippen LogP contribution in [0, 0.1) is 0 Å². The van der Waals surface area contributed by atoms with Gasteiger partial charge in [0.2, 0.25) is 0 Å². The third kappa shape index (κ3) is 24.3. The summed E-state index contributed by atoms with van der Waals surface area (Å²) >= 11 is 0. The molecule has 0 aliphatic rings. The van der Waals surface area contributed by atoms with Crippen molar-refractivity contribution in [2.75, 3.05) is 0 Å². The SMILES string of the molecule is FC(F)(F)C(F)(F)F.O=S(=O)(Oc1ccc([S+](c2ccccc2)c2ccc(OS(=O)(=O)c3cc(C(F)(F)F)cc(C(F)(F)F)c3)cc2)cc1)c1cc(C(F)(F)F)cc(C(F)(F)F)c1.O=S(=O)(Oc1ccc([S+](c2ccccc2)c2ccc(OS(=O)(=O)c3cc(C(F)(F)F)cc(C(F)(F)F)c3)cc2)cc1)c1cc(C(F)(F)F)cc(C(F)(F)F)c1. The van der Waals surface area contributed by atoms with E-state index < -0.39 is 211 Å².